The fraction of sp³-hybridized carbons (Fsp3) is 0.273. The van der Waals surface area contributed by atoms with Crippen molar-refractivity contribution in [3.8, 4) is 5.75 Å². The molecule has 1 aromatic carbocycles. The summed E-state index contributed by atoms with van der Waals surface area (Å²) in [5.41, 5.74) is 1.43. The number of aromatic carboxylic acids is 1. The Labute approximate surface area is 87.5 Å². The zero-order valence-electron chi connectivity index (χ0n) is 8.83. The van der Waals surface area contributed by atoms with Crippen LogP contribution in [0.15, 0.2) is 12.1 Å². The van der Waals surface area contributed by atoms with Crippen molar-refractivity contribution in [3.63, 3.8) is 0 Å². The molecule has 15 heavy (non-hydrogen) atoms. The van der Waals surface area contributed by atoms with Crippen LogP contribution < -0.4 is 4.74 Å². The van der Waals surface area contributed by atoms with Crippen LogP contribution in [-0.4, -0.2) is 17.0 Å². The minimum Gasteiger partial charge on any atom is -0.478 e. The van der Waals surface area contributed by atoms with Crippen molar-refractivity contribution in [1.82, 2.24) is 0 Å². The first kappa shape index (κ1) is 11.2. The van der Waals surface area contributed by atoms with Crippen molar-refractivity contribution in [1.29, 1.82) is 0 Å². The molecule has 4 nitrogen and oxygen atoms in total. The normalized spacial score (nSPS) is 9.80. The first-order valence-corrected chi connectivity index (χ1v) is 4.44. The molecule has 0 atom stereocenters. The number of ether oxygens (including phenoxy) is 1. The van der Waals surface area contributed by atoms with E-state index >= 15 is 0 Å². The van der Waals surface area contributed by atoms with E-state index in [1.165, 1.54) is 13.0 Å². The molecule has 0 radical (unpaired) electrons. The van der Waals surface area contributed by atoms with Crippen LogP contribution in [0.3, 0.4) is 0 Å². The minimum atomic E-state index is -0.982. The number of carbonyl (C=O) groups is 2. The Kier molecular flexibility index (Phi) is 3.09. The lowest BCUT2D eigenvalue weighted by Gasteiger charge is -2.08. The average molecular weight is 208 g/mol. The number of rotatable bonds is 2. The Morgan fingerprint density at radius 3 is 2.27 bits per heavy atom. The second kappa shape index (κ2) is 4.13. The molecule has 0 fully saturated rings. The van der Waals surface area contributed by atoms with E-state index in [-0.39, 0.29) is 5.56 Å². The zero-order chi connectivity index (χ0) is 11.6. The van der Waals surface area contributed by atoms with E-state index in [0.29, 0.717) is 16.9 Å². The number of esters is 1. The number of benzene rings is 1. The molecule has 1 N–H and O–H groups in total. The number of carbonyl (C=O) groups excluding carboxylic acids is 1. The van der Waals surface area contributed by atoms with Gasteiger partial charge < -0.3 is 9.84 Å². The monoisotopic (exact) mass is 208 g/mol. The van der Waals surface area contributed by atoms with Crippen LogP contribution in [0.1, 0.15) is 28.4 Å². The van der Waals surface area contributed by atoms with Gasteiger partial charge in [-0.1, -0.05) is 0 Å². The number of hydrogen-bond acceptors (Lipinski definition) is 3. The van der Waals surface area contributed by atoms with Gasteiger partial charge in [-0.15, -0.1) is 0 Å². The summed E-state index contributed by atoms with van der Waals surface area (Å²) in [7, 11) is 0. The highest BCUT2D eigenvalue weighted by Gasteiger charge is 2.11. The van der Waals surface area contributed by atoms with Gasteiger partial charge in [-0.05, 0) is 37.1 Å². The van der Waals surface area contributed by atoms with E-state index in [9.17, 15) is 9.59 Å². The van der Waals surface area contributed by atoms with Gasteiger partial charge in [-0.3, -0.25) is 4.79 Å². The molecule has 0 aliphatic heterocycles. The van der Waals surface area contributed by atoms with Crippen LogP contribution in [0.5, 0.6) is 5.75 Å². The Hall–Kier alpha value is -1.84. The van der Waals surface area contributed by atoms with E-state index < -0.39 is 11.9 Å². The first-order chi connectivity index (χ1) is 6.91. The van der Waals surface area contributed by atoms with Crippen LogP contribution in [0.25, 0.3) is 0 Å². The summed E-state index contributed by atoms with van der Waals surface area (Å²) >= 11 is 0. The maximum atomic E-state index is 10.8. The fourth-order valence-corrected chi connectivity index (χ4v) is 1.28. The molecular formula is C11H12O4. The molecule has 0 heterocycles. The summed E-state index contributed by atoms with van der Waals surface area (Å²) in [5, 5.41) is 8.86. The number of carboxylic acids is 1. The standard InChI is InChI=1S/C11H12O4/c1-6-5-10(15-8(3)12)7(2)4-9(6)11(13)14/h4-5H,1-3H3,(H,13,14). The number of carboxylic acid groups (broad SMARTS) is 1. The van der Waals surface area contributed by atoms with E-state index in [2.05, 4.69) is 0 Å². The number of hydrogen-bond donors (Lipinski definition) is 1. The number of aryl methyl sites for hydroxylation is 2. The molecule has 0 aromatic heterocycles. The van der Waals surface area contributed by atoms with Crippen LogP contribution in [0, 0.1) is 13.8 Å². The highest BCUT2D eigenvalue weighted by molar-refractivity contribution is 5.90. The topological polar surface area (TPSA) is 63.6 Å². The Bertz CT molecular complexity index is 421. The molecule has 1 aromatic rings. The van der Waals surface area contributed by atoms with Crippen molar-refractivity contribution in [2.75, 3.05) is 0 Å². The Morgan fingerprint density at radius 1 is 1.20 bits per heavy atom. The molecule has 0 saturated carbocycles. The van der Waals surface area contributed by atoms with Crippen molar-refractivity contribution in [3.05, 3.63) is 28.8 Å². The molecule has 0 amide bonds. The maximum Gasteiger partial charge on any atom is 0.335 e. The summed E-state index contributed by atoms with van der Waals surface area (Å²) in [6, 6.07) is 3.05. The molecule has 0 unspecified atom stereocenters. The molecule has 0 aliphatic rings. The van der Waals surface area contributed by atoms with E-state index in [4.69, 9.17) is 9.84 Å². The van der Waals surface area contributed by atoms with Crippen LogP contribution >= 0.6 is 0 Å². The van der Waals surface area contributed by atoms with E-state index in [1.807, 2.05) is 0 Å². The molecule has 1 rings (SSSR count). The van der Waals surface area contributed by atoms with Gasteiger partial charge in [-0.25, -0.2) is 4.79 Å². The highest BCUT2D eigenvalue weighted by atomic mass is 16.5. The van der Waals surface area contributed by atoms with Gasteiger partial charge >= 0.3 is 11.9 Å². The summed E-state index contributed by atoms with van der Waals surface area (Å²) in [5.74, 6) is -0.990. The third kappa shape index (κ3) is 2.56. The molecule has 0 spiro atoms. The predicted molar refractivity (Wildman–Crippen MR) is 54.2 cm³/mol. The SMILES string of the molecule is CC(=O)Oc1cc(C)c(C(=O)O)cc1C. The van der Waals surface area contributed by atoms with Crippen LogP contribution in [0.4, 0.5) is 0 Å². The highest BCUT2D eigenvalue weighted by Crippen LogP contribution is 2.22. The zero-order valence-corrected chi connectivity index (χ0v) is 8.83. The van der Waals surface area contributed by atoms with Gasteiger partial charge in [0.15, 0.2) is 0 Å². The smallest absolute Gasteiger partial charge is 0.335 e. The second-order valence-electron chi connectivity index (χ2n) is 3.33. The Morgan fingerprint density at radius 2 is 1.80 bits per heavy atom. The fourth-order valence-electron chi connectivity index (χ4n) is 1.28. The second-order valence-corrected chi connectivity index (χ2v) is 3.33. The van der Waals surface area contributed by atoms with E-state index in [0.717, 1.165) is 0 Å². The van der Waals surface area contributed by atoms with Crippen molar-refractivity contribution in [2.24, 2.45) is 0 Å². The van der Waals surface area contributed by atoms with Gasteiger partial charge in [0.1, 0.15) is 5.75 Å². The van der Waals surface area contributed by atoms with Gasteiger partial charge in [0.05, 0.1) is 5.56 Å². The lowest BCUT2D eigenvalue weighted by molar-refractivity contribution is -0.131. The lowest BCUT2D eigenvalue weighted by atomic mass is 10.0. The molecule has 0 aliphatic carbocycles. The third-order valence-corrected chi connectivity index (χ3v) is 2.01. The van der Waals surface area contributed by atoms with Crippen LogP contribution in [-0.2, 0) is 4.79 Å². The van der Waals surface area contributed by atoms with Crippen LogP contribution in [0.2, 0.25) is 0 Å². The first-order valence-electron chi connectivity index (χ1n) is 4.44. The summed E-state index contributed by atoms with van der Waals surface area (Å²) in [4.78, 5) is 21.6. The molecule has 0 saturated heterocycles. The Balaban J connectivity index is 3.19. The predicted octanol–water partition coefficient (Wildman–Crippen LogP) is 1.93. The molecule has 0 bridgehead atoms. The van der Waals surface area contributed by atoms with Crippen molar-refractivity contribution < 1.29 is 19.4 Å². The molecule has 80 valence electrons. The summed E-state index contributed by atoms with van der Waals surface area (Å²) in [6.07, 6.45) is 0. The van der Waals surface area contributed by atoms with Gasteiger partial charge in [-0.2, -0.15) is 0 Å². The average Bonchev–Trinajstić information content (AvgIpc) is 2.09. The quantitative estimate of drug-likeness (QED) is 0.595. The van der Waals surface area contributed by atoms with Gasteiger partial charge in [0.2, 0.25) is 0 Å². The van der Waals surface area contributed by atoms with Gasteiger partial charge in [0.25, 0.3) is 0 Å². The largest absolute Gasteiger partial charge is 0.478 e. The molecular weight excluding hydrogens is 196 g/mol. The van der Waals surface area contributed by atoms with E-state index in [1.54, 1.807) is 19.9 Å². The minimum absolute atomic E-state index is 0.225. The maximum absolute atomic E-state index is 10.8. The van der Waals surface area contributed by atoms with Crippen molar-refractivity contribution in [2.45, 2.75) is 20.8 Å². The third-order valence-electron chi connectivity index (χ3n) is 2.01. The lowest BCUT2D eigenvalue weighted by Crippen LogP contribution is -2.06. The van der Waals surface area contributed by atoms with Gasteiger partial charge in [0, 0.05) is 6.92 Å². The molecule has 4 heteroatoms. The summed E-state index contributed by atoms with van der Waals surface area (Å²) in [6.45, 7) is 4.67. The van der Waals surface area contributed by atoms with Crippen molar-refractivity contribution >= 4 is 11.9 Å². The summed E-state index contributed by atoms with van der Waals surface area (Å²) < 4.78 is 4.93.